The number of benzene rings is 1. The van der Waals surface area contributed by atoms with Crippen molar-refractivity contribution in [1.29, 1.82) is 0 Å². The number of phenolic OH excluding ortho intramolecular Hbond substituents is 1. The smallest absolute Gasteiger partial charge is 0.329 e. The molecule has 1 saturated carbocycles. The van der Waals surface area contributed by atoms with Gasteiger partial charge < -0.3 is 15.5 Å². The minimum absolute atomic E-state index is 0.0810. The van der Waals surface area contributed by atoms with E-state index in [1.165, 1.54) is 12.1 Å². The Hall–Kier alpha value is -1.56. The Morgan fingerprint density at radius 3 is 2.48 bits per heavy atom. The molecule has 0 saturated heterocycles. The largest absolute Gasteiger partial charge is 0.507 e. The quantitative estimate of drug-likeness (QED) is 0.777. The van der Waals surface area contributed by atoms with Gasteiger partial charge in [-0.05, 0) is 49.8 Å². The molecule has 1 aliphatic carbocycles. The molecule has 6 heteroatoms. The molecule has 114 valence electrons. The third kappa shape index (κ3) is 3.37. The Kier molecular flexibility index (Phi) is 4.56. The fourth-order valence-corrected chi connectivity index (χ4v) is 2.98. The van der Waals surface area contributed by atoms with E-state index < -0.39 is 17.4 Å². The van der Waals surface area contributed by atoms with Gasteiger partial charge in [-0.1, -0.05) is 22.9 Å². The number of carboxylic acid groups (broad SMARTS) is 1. The molecule has 21 heavy (non-hydrogen) atoms. The zero-order valence-electron chi connectivity index (χ0n) is 11.7. The number of aromatic hydroxyl groups is 1. The summed E-state index contributed by atoms with van der Waals surface area (Å²) >= 11 is 3.20. The lowest BCUT2D eigenvalue weighted by atomic mass is 9.77. The van der Waals surface area contributed by atoms with Crippen molar-refractivity contribution in [3.63, 3.8) is 0 Å². The monoisotopic (exact) mass is 355 g/mol. The molecule has 1 aromatic rings. The van der Waals surface area contributed by atoms with Crippen LogP contribution in [-0.4, -0.2) is 27.6 Å². The van der Waals surface area contributed by atoms with Crippen LogP contribution in [0.4, 0.5) is 0 Å². The summed E-state index contributed by atoms with van der Waals surface area (Å²) in [6.45, 7) is 2.08. The fraction of sp³-hybridized carbons (Fsp3) is 0.467. The van der Waals surface area contributed by atoms with Crippen molar-refractivity contribution < 1.29 is 19.8 Å². The van der Waals surface area contributed by atoms with Gasteiger partial charge in [0.1, 0.15) is 11.3 Å². The van der Waals surface area contributed by atoms with Gasteiger partial charge in [0.15, 0.2) is 0 Å². The van der Waals surface area contributed by atoms with E-state index in [1.807, 2.05) is 0 Å². The fourth-order valence-electron chi connectivity index (χ4n) is 2.63. The molecule has 0 heterocycles. The summed E-state index contributed by atoms with van der Waals surface area (Å²) in [6.07, 6.45) is 2.34. The van der Waals surface area contributed by atoms with E-state index in [1.54, 1.807) is 6.07 Å². The average Bonchev–Trinajstić information content (AvgIpc) is 2.41. The summed E-state index contributed by atoms with van der Waals surface area (Å²) in [5, 5.41) is 21.9. The molecule has 0 spiro atoms. The molecule has 0 aliphatic heterocycles. The molecule has 0 radical (unpaired) electrons. The summed E-state index contributed by atoms with van der Waals surface area (Å²) in [4.78, 5) is 23.9. The van der Waals surface area contributed by atoms with Crippen LogP contribution >= 0.6 is 15.9 Å². The summed E-state index contributed by atoms with van der Waals surface area (Å²) in [6, 6.07) is 4.51. The van der Waals surface area contributed by atoms with E-state index in [9.17, 15) is 19.8 Å². The number of phenols is 1. The number of carboxylic acids is 1. The van der Waals surface area contributed by atoms with E-state index in [-0.39, 0.29) is 11.3 Å². The highest BCUT2D eigenvalue weighted by Gasteiger charge is 2.42. The van der Waals surface area contributed by atoms with Gasteiger partial charge in [0, 0.05) is 4.47 Å². The van der Waals surface area contributed by atoms with Crippen molar-refractivity contribution >= 4 is 27.8 Å². The van der Waals surface area contributed by atoms with Crippen LogP contribution in [0.5, 0.6) is 5.75 Å². The molecular formula is C15H18BrNO4. The second kappa shape index (κ2) is 6.05. The lowest BCUT2D eigenvalue weighted by Crippen LogP contribution is -2.56. The zero-order valence-corrected chi connectivity index (χ0v) is 13.3. The average molecular weight is 356 g/mol. The summed E-state index contributed by atoms with van der Waals surface area (Å²) < 4.78 is 0.649. The van der Waals surface area contributed by atoms with E-state index in [4.69, 9.17) is 0 Å². The van der Waals surface area contributed by atoms with Crippen LogP contribution in [0.1, 0.15) is 43.0 Å². The van der Waals surface area contributed by atoms with Crippen LogP contribution in [0.3, 0.4) is 0 Å². The summed E-state index contributed by atoms with van der Waals surface area (Å²) in [5.74, 6) is -1.28. The Morgan fingerprint density at radius 1 is 1.33 bits per heavy atom. The molecule has 2 rings (SSSR count). The van der Waals surface area contributed by atoms with Crippen LogP contribution < -0.4 is 5.32 Å². The van der Waals surface area contributed by atoms with E-state index in [0.29, 0.717) is 23.2 Å². The van der Waals surface area contributed by atoms with Gasteiger partial charge in [-0.25, -0.2) is 4.79 Å². The number of rotatable bonds is 3. The van der Waals surface area contributed by atoms with Crippen molar-refractivity contribution in [2.75, 3.05) is 0 Å². The molecule has 3 N–H and O–H groups in total. The van der Waals surface area contributed by atoms with E-state index in [2.05, 4.69) is 28.2 Å². The van der Waals surface area contributed by atoms with Gasteiger partial charge in [-0.15, -0.1) is 0 Å². The zero-order chi connectivity index (χ0) is 15.6. The van der Waals surface area contributed by atoms with Crippen molar-refractivity contribution in [3.05, 3.63) is 28.2 Å². The minimum Gasteiger partial charge on any atom is -0.507 e. The third-order valence-corrected chi connectivity index (χ3v) is 4.59. The first-order chi connectivity index (χ1) is 9.84. The number of hydrogen-bond donors (Lipinski definition) is 3. The number of halogens is 1. The molecule has 5 nitrogen and oxygen atoms in total. The van der Waals surface area contributed by atoms with Gasteiger partial charge in [-0.2, -0.15) is 0 Å². The van der Waals surface area contributed by atoms with Crippen LogP contribution in [0.2, 0.25) is 0 Å². The van der Waals surface area contributed by atoms with Crippen molar-refractivity contribution in [1.82, 2.24) is 5.32 Å². The molecule has 1 fully saturated rings. The first kappa shape index (κ1) is 15.8. The molecule has 0 unspecified atom stereocenters. The molecule has 1 aliphatic rings. The van der Waals surface area contributed by atoms with Crippen molar-refractivity contribution in [2.24, 2.45) is 5.92 Å². The van der Waals surface area contributed by atoms with Gasteiger partial charge in [0.2, 0.25) is 0 Å². The second-order valence-electron chi connectivity index (χ2n) is 5.69. The number of aliphatic carboxylic acids is 1. The van der Waals surface area contributed by atoms with Crippen LogP contribution in [0, 0.1) is 5.92 Å². The molecular weight excluding hydrogens is 338 g/mol. The molecule has 0 atom stereocenters. The van der Waals surface area contributed by atoms with Gasteiger partial charge >= 0.3 is 5.97 Å². The van der Waals surface area contributed by atoms with Crippen LogP contribution in [0.25, 0.3) is 0 Å². The van der Waals surface area contributed by atoms with Crippen molar-refractivity contribution in [3.8, 4) is 5.75 Å². The Labute approximate surface area is 131 Å². The summed E-state index contributed by atoms with van der Waals surface area (Å²) in [7, 11) is 0. The molecule has 1 amide bonds. The number of carbonyl (C=O) groups excluding carboxylic acids is 1. The van der Waals surface area contributed by atoms with Crippen LogP contribution in [-0.2, 0) is 4.79 Å². The number of amides is 1. The highest BCUT2D eigenvalue weighted by atomic mass is 79.9. The molecule has 0 aromatic heterocycles. The second-order valence-corrected chi connectivity index (χ2v) is 6.60. The van der Waals surface area contributed by atoms with Crippen LogP contribution in [0.15, 0.2) is 22.7 Å². The predicted molar refractivity (Wildman–Crippen MR) is 81.3 cm³/mol. The maximum Gasteiger partial charge on any atom is 0.329 e. The predicted octanol–water partition coefficient (Wildman–Crippen LogP) is 2.92. The van der Waals surface area contributed by atoms with Gasteiger partial charge in [0.05, 0.1) is 5.56 Å². The Morgan fingerprint density at radius 2 is 1.95 bits per heavy atom. The summed E-state index contributed by atoms with van der Waals surface area (Å²) in [5.41, 5.74) is -1.15. The van der Waals surface area contributed by atoms with Gasteiger partial charge in [-0.3, -0.25) is 4.79 Å². The number of nitrogens with one attached hydrogen (secondary N) is 1. The lowest BCUT2D eigenvalue weighted by molar-refractivity contribution is -0.146. The molecule has 1 aromatic carbocycles. The topological polar surface area (TPSA) is 86.6 Å². The van der Waals surface area contributed by atoms with E-state index >= 15 is 0 Å². The standard InChI is InChI=1S/C15H18BrNO4/c1-9-4-6-15(7-5-9,14(20)21)17-13(19)11-3-2-10(16)8-12(11)18/h2-3,8-9,18H,4-7H2,1H3,(H,17,19)(H,20,21). The number of carbonyl (C=O) groups is 2. The SMILES string of the molecule is CC1CCC(NC(=O)c2ccc(Br)cc2O)(C(=O)O)CC1. The maximum absolute atomic E-state index is 12.3. The number of hydrogen-bond acceptors (Lipinski definition) is 3. The maximum atomic E-state index is 12.3. The highest BCUT2D eigenvalue weighted by Crippen LogP contribution is 2.33. The lowest BCUT2D eigenvalue weighted by Gasteiger charge is -2.36. The normalized spacial score (nSPS) is 25.3. The first-order valence-electron chi connectivity index (χ1n) is 6.88. The Balaban J connectivity index is 2.21. The first-order valence-corrected chi connectivity index (χ1v) is 7.68. The van der Waals surface area contributed by atoms with Crippen molar-refractivity contribution in [2.45, 2.75) is 38.1 Å². The molecule has 0 bridgehead atoms. The van der Waals surface area contributed by atoms with E-state index in [0.717, 1.165) is 12.8 Å². The highest BCUT2D eigenvalue weighted by molar-refractivity contribution is 9.10. The Bertz CT molecular complexity index is 565. The third-order valence-electron chi connectivity index (χ3n) is 4.09. The van der Waals surface area contributed by atoms with Gasteiger partial charge in [0.25, 0.3) is 5.91 Å². The minimum atomic E-state index is -1.23.